The summed E-state index contributed by atoms with van der Waals surface area (Å²) < 4.78 is 20.1. The van der Waals surface area contributed by atoms with Crippen LogP contribution in [0.5, 0.6) is 0 Å². The van der Waals surface area contributed by atoms with Crippen molar-refractivity contribution in [3.05, 3.63) is 89.7 Å². The van der Waals surface area contributed by atoms with Crippen molar-refractivity contribution in [3.8, 4) is 0 Å². The Morgan fingerprint density at radius 2 is 1.61 bits per heavy atom. The van der Waals surface area contributed by atoms with Crippen LogP contribution < -0.4 is 15.1 Å². The predicted octanol–water partition coefficient (Wildman–Crippen LogP) is 3.64. The van der Waals surface area contributed by atoms with Gasteiger partial charge in [-0.1, -0.05) is 30.3 Å². The largest absolute Gasteiger partial charge is 0.378 e. The number of amides is 3. The Morgan fingerprint density at radius 3 is 2.32 bits per heavy atom. The van der Waals surface area contributed by atoms with E-state index in [2.05, 4.69) is 10.2 Å². The minimum absolute atomic E-state index is 0.209. The van der Waals surface area contributed by atoms with E-state index >= 15 is 0 Å². The van der Waals surface area contributed by atoms with E-state index in [1.807, 2.05) is 12.1 Å². The van der Waals surface area contributed by atoms with Gasteiger partial charge in [-0.3, -0.25) is 24.1 Å². The van der Waals surface area contributed by atoms with Crippen LogP contribution in [0.25, 0.3) is 0 Å². The maximum Gasteiger partial charge on any atom is 0.299 e. The molecular formula is C31H31FN4O5. The summed E-state index contributed by atoms with van der Waals surface area (Å²) in [6, 6.07) is 19.8. The van der Waals surface area contributed by atoms with Gasteiger partial charge in [0, 0.05) is 36.6 Å². The smallest absolute Gasteiger partial charge is 0.299 e. The Hall–Kier alpha value is -4.57. The van der Waals surface area contributed by atoms with Crippen LogP contribution >= 0.6 is 0 Å². The molecule has 3 aromatic carbocycles. The molecule has 2 aliphatic heterocycles. The highest BCUT2D eigenvalue weighted by molar-refractivity contribution is 6.52. The zero-order valence-corrected chi connectivity index (χ0v) is 22.9. The van der Waals surface area contributed by atoms with Crippen molar-refractivity contribution in [1.29, 1.82) is 0 Å². The number of ketones is 1. The number of rotatable bonds is 8. The van der Waals surface area contributed by atoms with Crippen LogP contribution in [0.4, 0.5) is 21.5 Å². The summed E-state index contributed by atoms with van der Waals surface area (Å²) in [5.74, 6) is -3.17. The van der Waals surface area contributed by atoms with Gasteiger partial charge in [-0.2, -0.15) is 0 Å². The fourth-order valence-electron chi connectivity index (χ4n) is 5.00. The van der Waals surface area contributed by atoms with Gasteiger partial charge >= 0.3 is 0 Å². The number of ether oxygens (including phenoxy) is 1. The third kappa shape index (κ3) is 5.69. The molecule has 2 aliphatic rings. The molecule has 3 amide bonds. The number of nitrogens with one attached hydrogen (secondary N) is 1. The lowest BCUT2D eigenvalue weighted by atomic mass is 9.99. The predicted molar refractivity (Wildman–Crippen MR) is 152 cm³/mol. The SMILES string of the molecule is CC(C)(C(=O)Nc1ccc(N2CCOCC2)cc1)N(Cc1ccccc1F)C(=O)CN1C(=O)C(=O)c2ccccc21. The summed E-state index contributed by atoms with van der Waals surface area (Å²) in [7, 11) is 0. The summed E-state index contributed by atoms with van der Waals surface area (Å²) in [5.41, 5.74) is 0.822. The van der Waals surface area contributed by atoms with Gasteiger partial charge in [-0.25, -0.2) is 4.39 Å². The molecule has 0 unspecified atom stereocenters. The second-order valence-electron chi connectivity index (χ2n) is 10.5. The van der Waals surface area contributed by atoms with E-state index in [0.29, 0.717) is 24.6 Å². The molecule has 0 aromatic heterocycles. The van der Waals surface area contributed by atoms with E-state index < -0.39 is 41.4 Å². The number of para-hydroxylation sites is 1. The van der Waals surface area contributed by atoms with Gasteiger partial charge in [0.25, 0.3) is 11.7 Å². The first-order valence-electron chi connectivity index (χ1n) is 13.4. The average molecular weight is 559 g/mol. The summed E-state index contributed by atoms with van der Waals surface area (Å²) in [6.45, 7) is 5.29. The molecule has 0 atom stereocenters. The van der Waals surface area contributed by atoms with Crippen LogP contribution in [0.15, 0.2) is 72.8 Å². The normalized spacial score (nSPS) is 15.1. The Bertz CT molecular complexity index is 1480. The number of fused-ring (bicyclic) bond motifs is 1. The second kappa shape index (κ2) is 11.5. The Kier molecular flexibility index (Phi) is 7.85. The number of halogens is 1. The van der Waals surface area contributed by atoms with E-state index in [-0.39, 0.29) is 17.7 Å². The second-order valence-corrected chi connectivity index (χ2v) is 10.5. The van der Waals surface area contributed by atoms with E-state index in [9.17, 15) is 23.6 Å². The summed E-state index contributed by atoms with van der Waals surface area (Å²) in [4.78, 5) is 57.2. The minimum atomic E-state index is -1.46. The Morgan fingerprint density at radius 1 is 0.951 bits per heavy atom. The molecule has 5 rings (SSSR count). The minimum Gasteiger partial charge on any atom is -0.378 e. The number of carbonyl (C=O) groups is 4. The molecule has 1 fully saturated rings. The Balaban J connectivity index is 1.38. The monoisotopic (exact) mass is 558 g/mol. The molecule has 0 radical (unpaired) electrons. The van der Waals surface area contributed by atoms with Crippen molar-refractivity contribution in [2.24, 2.45) is 0 Å². The average Bonchev–Trinajstić information content (AvgIpc) is 3.22. The van der Waals surface area contributed by atoms with Gasteiger partial charge in [0.2, 0.25) is 11.8 Å². The van der Waals surface area contributed by atoms with Gasteiger partial charge < -0.3 is 19.9 Å². The topological polar surface area (TPSA) is 99.3 Å². The summed E-state index contributed by atoms with van der Waals surface area (Å²) >= 11 is 0. The van der Waals surface area contributed by atoms with E-state index in [1.165, 1.54) is 29.2 Å². The van der Waals surface area contributed by atoms with Crippen LogP contribution in [0.1, 0.15) is 29.8 Å². The number of carbonyl (C=O) groups excluding carboxylic acids is 4. The molecule has 2 heterocycles. The number of morpholine rings is 1. The maximum absolute atomic E-state index is 14.7. The molecule has 0 spiro atoms. The lowest BCUT2D eigenvalue weighted by molar-refractivity contribution is -0.143. The quantitative estimate of drug-likeness (QED) is 0.424. The lowest BCUT2D eigenvalue weighted by Gasteiger charge is -2.38. The van der Waals surface area contributed by atoms with Crippen LogP contribution in [0.3, 0.4) is 0 Å². The van der Waals surface area contributed by atoms with Gasteiger partial charge in [-0.05, 0) is 56.3 Å². The zero-order chi connectivity index (χ0) is 29.1. The number of benzene rings is 3. The molecule has 1 N–H and O–H groups in total. The van der Waals surface area contributed by atoms with Crippen molar-refractivity contribution in [3.63, 3.8) is 0 Å². The van der Waals surface area contributed by atoms with Crippen molar-refractivity contribution in [2.45, 2.75) is 25.9 Å². The van der Waals surface area contributed by atoms with Crippen molar-refractivity contribution in [1.82, 2.24) is 4.90 Å². The molecule has 9 nitrogen and oxygen atoms in total. The summed E-state index contributed by atoms with van der Waals surface area (Å²) in [6.07, 6.45) is 0. The maximum atomic E-state index is 14.7. The molecule has 3 aromatic rings. The summed E-state index contributed by atoms with van der Waals surface area (Å²) in [5, 5.41) is 2.87. The number of nitrogens with zero attached hydrogens (tertiary/aromatic N) is 3. The third-order valence-corrected chi connectivity index (χ3v) is 7.49. The molecule has 10 heteroatoms. The fraction of sp³-hybridized carbons (Fsp3) is 0.290. The fourth-order valence-corrected chi connectivity index (χ4v) is 5.00. The van der Waals surface area contributed by atoms with Gasteiger partial charge in [0.1, 0.15) is 17.9 Å². The standard InChI is InChI=1S/C31H31FN4O5/c1-31(2,30(40)33-22-11-13-23(14-12-22)34-15-17-41-18-16-34)36(19-21-7-3-5-9-25(21)32)27(37)20-35-26-10-6-4-8-24(26)28(38)29(35)39/h3-14H,15-20H2,1-2H3,(H,33,40). The Labute approximate surface area is 237 Å². The first kappa shape index (κ1) is 28.0. The molecule has 212 valence electrons. The number of hydrogen-bond acceptors (Lipinski definition) is 6. The van der Waals surface area contributed by atoms with Crippen molar-refractivity contribution >= 4 is 40.6 Å². The highest BCUT2D eigenvalue weighted by Crippen LogP contribution is 2.30. The molecule has 0 aliphatic carbocycles. The van der Waals surface area contributed by atoms with E-state index in [0.717, 1.165) is 23.7 Å². The van der Waals surface area contributed by atoms with Crippen LogP contribution in [-0.4, -0.2) is 66.8 Å². The van der Waals surface area contributed by atoms with Crippen molar-refractivity contribution < 1.29 is 28.3 Å². The highest BCUT2D eigenvalue weighted by Gasteiger charge is 2.42. The number of anilines is 3. The highest BCUT2D eigenvalue weighted by atomic mass is 19.1. The number of Topliss-reactive ketones (excluding diaryl/α,β-unsaturated/α-hetero) is 1. The van der Waals surface area contributed by atoms with Crippen LogP contribution in [0, 0.1) is 5.82 Å². The molecular weight excluding hydrogens is 527 g/mol. The first-order valence-corrected chi connectivity index (χ1v) is 13.4. The lowest BCUT2D eigenvalue weighted by Crippen LogP contribution is -2.57. The van der Waals surface area contributed by atoms with Crippen LogP contribution in [0.2, 0.25) is 0 Å². The zero-order valence-electron chi connectivity index (χ0n) is 22.9. The molecule has 0 bridgehead atoms. The molecule has 0 saturated carbocycles. The van der Waals surface area contributed by atoms with Crippen molar-refractivity contribution in [2.75, 3.05) is 48.0 Å². The third-order valence-electron chi connectivity index (χ3n) is 7.49. The van der Waals surface area contributed by atoms with Gasteiger partial charge in [0.05, 0.1) is 24.5 Å². The molecule has 41 heavy (non-hydrogen) atoms. The first-order chi connectivity index (χ1) is 19.7. The van der Waals surface area contributed by atoms with Gasteiger partial charge in [0.15, 0.2) is 0 Å². The van der Waals surface area contributed by atoms with Crippen LogP contribution in [-0.2, 0) is 25.7 Å². The number of hydrogen-bond donors (Lipinski definition) is 1. The van der Waals surface area contributed by atoms with E-state index in [1.54, 1.807) is 50.2 Å². The van der Waals surface area contributed by atoms with E-state index in [4.69, 9.17) is 4.74 Å². The molecule has 1 saturated heterocycles. The van der Waals surface area contributed by atoms with Gasteiger partial charge in [-0.15, -0.1) is 0 Å².